The topological polar surface area (TPSA) is 72.3 Å². The molecule has 15 heavy (non-hydrogen) atoms. The molecule has 0 aliphatic heterocycles. The Morgan fingerprint density at radius 1 is 1.33 bits per heavy atom. The minimum Gasteiger partial charge on any atom is -0.508 e. The predicted molar refractivity (Wildman–Crippen MR) is 71.4 cm³/mol. The molecule has 6 heteroatoms. The molecule has 0 radical (unpaired) electrons. The Morgan fingerprint density at radius 3 is 2.40 bits per heavy atom. The predicted octanol–water partition coefficient (Wildman–Crippen LogP) is 2.69. The van der Waals surface area contributed by atoms with Crippen molar-refractivity contribution in [2.45, 2.75) is 12.5 Å². The number of phenolic OH excluding ortho intramolecular Hbond substituents is 1. The fourth-order valence-electron chi connectivity index (χ4n) is 1.26. The van der Waals surface area contributed by atoms with Crippen molar-refractivity contribution in [1.82, 2.24) is 0 Å². The molecule has 0 saturated carbocycles. The number of rotatable bonds is 3. The van der Waals surface area contributed by atoms with E-state index in [1.807, 2.05) is 6.07 Å². The standard InChI is InChI=1S/C9H12Br2N2O.ClH/c10-5-3-6(11)9(8(14)4-5)7(13)1-2-12;/h3-4,7,14H,1-2,12-13H2;1H/t7-;/m0./s1. The second-order valence-corrected chi connectivity index (χ2v) is 4.77. The van der Waals surface area contributed by atoms with Crippen LogP contribution in [0.3, 0.4) is 0 Å². The Kier molecular flexibility index (Phi) is 6.79. The van der Waals surface area contributed by atoms with Gasteiger partial charge in [-0.1, -0.05) is 31.9 Å². The second-order valence-electron chi connectivity index (χ2n) is 3.00. The maximum atomic E-state index is 9.69. The van der Waals surface area contributed by atoms with E-state index in [0.717, 1.165) is 8.95 Å². The highest BCUT2D eigenvalue weighted by Gasteiger charge is 2.14. The quantitative estimate of drug-likeness (QED) is 0.776. The molecule has 0 saturated heterocycles. The number of benzene rings is 1. The van der Waals surface area contributed by atoms with E-state index >= 15 is 0 Å². The number of halogens is 3. The summed E-state index contributed by atoms with van der Waals surface area (Å²) in [4.78, 5) is 0. The number of phenols is 1. The van der Waals surface area contributed by atoms with Gasteiger partial charge in [0, 0.05) is 20.6 Å². The van der Waals surface area contributed by atoms with Gasteiger partial charge < -0.3 is 16.6 Å². The number of hydrogen-bond acceptors (Lipinski definition) is 3. The van der Waals surface area contributed by atoms with E-state index in [0.29, 0.717) is 18.5 Å². The van der Waals surface area contributed by atoms with E-state index in [9.17, 15) is 5.11 Å². The van der Waals surface area contributed by atoms with E-state index in [4.69, 9.17) is 11.5 Å². The van der Waals surface area contributed by atoms with Gasteiger partial charge in [-0.25, -0.2) is 0 Å². The summed E-state index contributed by atoms with van der Waals surface area (Å²) in [5, 5.41) is 9.69. The van der Waals surface area contributed by atoms with E-state index in [2.05, 4.69) is 31.9 Å². The molecule has 0 aromatic heterocycles. The normalized spacial score (nSPS) is 12.0. The smallest absolute Gasteiger partial charge is 0.122 e. The molecule has 1 rings (SSSR count). The van der Waals surface area contributed by atoms with E-state index < -0.39 is 0 Å². The molecule has 0 heterocycles. The Balaban J connectivity index is 0.00000196. The molecule has 0 spiro atoms. The number of aromatic hydroxyl groups is 1. The molecule has 0 bridgehead atoms. The molecule has 1 aromatic rings. The summed E-state index contributed by atoms with van der Waals surface area (Å²) >= 11 is 6.64. The fourth-order valence-corrected chi connectivity index (χ4v) is 2.76. The van der Waals surface area contributed by atoms with Gasteiger partial charge in [-0.15, -0.1) is 12.4 Å². The van der Waals surface area contributed by atoms with Crippen LogP contribution >= 0.6 is 44.3 Å². The van der Waals surface area contributed by atoms with Gasteiger partial charge in [-0.05, 0) is 25.1 Å². The lowest BCUT2D eigenvalue weighted by molar-refractivity contribution is 0.458. The van der Waals surface area contributed by atoms with E-state index in [1.54, 1.807) is 6.07 Å². The summed E-state index contributed by atoms with van der Waals surface area (Å²) in [5.74, 6) is 0.187. The molecular weight excluding hydrogens is 347 g/mol. The van der Waals surface area contributed by atoms with Gasteiger partial charge in [0.15, 0.2) is 0 Å². The molecule has 5 N–H and O–H groups in total. The summed E-state index contributed by atoms with van der Waals surface area (Å²) < 4.78 is 1.61. The number of nitrogens with two attached hydrogens (primary N) is 2. The van der Waals surface area contributed by atoms with Gasteiger partial charge in [0.2, 0.25) is 0 Å². The van der Waals surface area contributed by atoms with Crippen LogP contribution in [0.2, 0.25) is 0 Å². The van der Waals surface area contributed by atoms with Gasteiger partial charge in [0.1, 0.15) is 5.75 Å². The lowest BCUT2D eigenvalue weighted by Crippen LogP contribution is -2.16. The third kappa shape index (κ3) is 3.92. The zero-order chi connectivity index (χ0) is 10.7. The highest BCUT2D eigenvalue weighted by atomic mass is 79.9. The molecular formula is C9H13Br2ClN2O. The van der Waals surface area contributed by atoms with Gasteiger partial charge in [0.25, 0.3) is 0 Å². The van der Waals surface area contributed by atoms with Crippen LogP contribution in [0.15, 0.2) is 21.1 Å². The second kappa shape index (κ2) is 6.70. The zero-order valence-electron chi connectivity index (χ0n) is 7.91. The van der Waals surface area contributed by atoms with Crippen LogP contribution in [0, 0.1) is 0 Å². The first-order valence-electron chi connectivity index (χ1n) is 4.19. The third-order valence-corrected chi connectivity index (χ3v) is 3.03. The van der Waals surface area contributed by atoms with Crippen LogP contribution in [0.25, 0.3) is 0 Å². The van der Waals surface area contributed by atoms with Crippen molar-refractivity contribution in [1.29, 1.82) is 0 Å². The van der Waals surface area contributed by atoms with Crippen molar-refractivity contribution >= 4 is 44.3 Å². The third-order valence-electron chi connectivity index (χ3n) is 1.92. The molecule has 0 aliphatic carbocycles. The molecule has 86 valence electrons. The van der Waals surface area contributed by atoms with Crippen molar-refractivity contribution in [3.8, 4) is 5.75 Å². The summed E-state index contributed by atoms with van der Waals surface area (Å²) in [6.07, 6.45) is 0.647. The van der Waals surface area contributed by atoms with Crippen LogP contribution in [0.5, 0.6) is 5.75 Å². The summed E-state index contributed by atoms with van der Waals surface area (Å²) in [7, 11) is 0. The van der Waals surface area contributed by atoms with Crippen LogP contribution < -0.4 is 11.5 Å². The van der Waals surface area contributed by atoms with E-state index in [-0.39, 0.29) is 24.2 Å². The Hall–Kier alpha value is 0.190. The van der Waals surface area contributed by atoms with Crippen LogP contribution in [-0.4, -0.2) is 11.7 Å². The van der Waals surface area contributed by atoms with Gasteiger partial charge >= 0.3 is 0 Å². The monoisotopic (exact) mass is 358 g/mol. The highest BCUT2D eigenvalue weighted by Crippen LogP contribution is 2.34. The van der Waals surface area contributed by atoms with Crippen molar-refractivity contribution < 1.29 is 5.11 Å². The highest BCUT2D eigenvalue weighted by molar-refractivity contribution is 9.11. The molecule has 0 unspecified atom stereocenters. The summed E-state index contributed by atoms with van der Waals surface area (Å²) in [6, 6.07) is 3.24. The van der Waals surface area contributed by atoms with Crippen molar-refractivity contribution in [2.24, 2.45) is 11.5 Å². The van der Waals surface area contributed by atoms with Gasteiger partial charge in [0.05, 0.1) is 0 Å². The van der Waals surface area contributed by atoms with Crippen LogP contribution in [0.4, 0.5) is 0 Å². The fraction of sp³-hybridized carbons (Fsp3) is 0.333. The SMILES string of the molecule is Cl.NCC[C@H](N)c1c(O)cc(Br)cc1Br. The summed E-state index contributed by atoms with van der Waals surface area (Å²) in [6.45, 7) is 0.503. The Labute approximate surface area is 112 Å². The van der Waals surface area contributed by atoms with Crippen molar-refractivity contribution in [2.75, 3.05) is 6.54 Å². The average molecular weight is 360 g/mol. The molecule has 0 fully saturated rings. The molecule has 1 atom stereocenters. The van der Waals surface area contributed by atoms with Gasteiger partial charge in [-0.3, -0.25) is 0 Å². The lowest BCUT2D eigenvalue weighted by atomic mass is 10.0. The maximum Gasteiger partial charge on any atom is 0.122 e. The zero-order valence-corrected chi connectivity index (χ0v) is 11.9. The van der Waals surface area contributed by atoms with Crippen molar-refractivity contribution in [3.05, 3.63) is 26.6 Å². The van der Waals surface area contributed by atoms with Crippen molar-refractivity contribution in [3.63, 3.8) is 0 Å². The van der Waals surface area contributed by atoms with E-state index in [1.165, 1.54) is 0 Å². The number of hydrogen-bond donors (Lipinski definition) is 3. The van der Waals surface area contributed by atoms with Gasteiger partial charge in [-0.2, -0.15) is 0 Å². The maximum absolute atomic E-state index is 9.69. The largest absolute Gasteiger partial charge is 0.508 e. The minimum atomic E-state index is -0.234. The Bertz CT molecular complexity index is 313. The first-order chi connectivity index (χ1) is 6.56. The minimum absolute atomic E-state index is 0. The molecule has 0 amide bonds. The molecule has 0 aliphatic rings. The molecule has 1 aromatic carbocycles. The lowest BCUT2D eigenvalue weighted by Gasteiger charge is -2.14. The first-order valence-corrected chi connectivity index (χ1v) is 5.78. The molecule has 3 nitrogen and oxygen atoms in total. The average Bonchev–Trinajstić information content (AvgIpc) is 2.01. The first kappa shape index (κ1) is 15.2. The van der Waals surface area contributed by atoms with Crippen LogP contribution in [-0.2, 0) is 0 Å². The van der Waals surface area contributed by atoms with Crippen LogP contribution in [0.1, 0.15) is 18.0 Å². The Morgan fingerprint density at radius 2 is 1.93 bits per heavy atom. The summed E-state index contributed by atoms with van der Waals surface area (Å²) in [5.41, 5.74) is 12.0.